The molecule has 0 bridgehead atoms. The van der Waals surface area contributed by atoms with Gasteiger partial charge in [-0.15, -0.1) is 0 Å². The number of benzene rings is 1. The molecule has 3 aromatic rings. The Morgan fingerprint density at radius 2 is 1.97 bits per heavy atom. The summed E-state index contributed by atoms with van der Waals surface area (Å²) in [7, 11) is 2.01. The summed E-state index contributed by atoms with van der Waals surface area (Å²) in [4.78, 5) is 26.3. The minimum absolute atomic E-state index is 0.00847. The minimum Gasteiger partial charge on any atom is -0.472 e. The van der Waals surface area contributed by atoms with Gasteiger partial charge in [0.05, 0.1) is 18.3 Å². The van der Waals surface area contributed by atoms with Gasteiger partial charge in [-0.25, -0.2) is 9.37 Å². The molecule has 0 aliphatic carbocycles. The SMILES string of the molecule is C[C@@H]1CN([C@H](C)CO)C(=O)c2cc(-c3ccc(F)cc3)cnc2O[C@H]1CN(C)Cc1ccccn1. The van der Waals surface area contributed by atoms with Crippen LogP contribution in [0.4, 0.5) is 4.39 Å². The minimum atomic E-state index is -0.364. The molecule has 1 N–H and O–H groups in total. The second kappa shape index (κ2) is 10.9. The average Bonchev–Trinajstić information content (AvgIpc) is 2.86. The molecule has 1 aromatic carbocycles. The highest BCUT2D eigenvalue weighted by molar-refractivity contribution is 5.98. The van der Waals surface area contributed by atoms with Crippen molar-refractivity contribution in [2.45, 2.75) is 32.5 Å². The Balaban J connectivity index is 1.65. The van der Waals surface area contributed by atoms with E-state index in [2.05, 4.69) is 14.9 Å². The quantitative estimate of drug-likeness (QED) is 0.559. The van der Waals surface area contributed by atoms with Crippen molar-refractivity contribution < 1.29 is 19.0 Å². The van der Waals surface area contributed by atoms with Crippen LogP contribution in [-0.2, 0) is 6.54 Å². The number of fused-ring (bicyclic) bond motifs is 1. The molecule has 35 heavy (non-hydrogen) atoms. The summed E-state index contributed by atoms with van der Waals surface area (Å²) >= 11 is 0. The molecule has 4 rings (SSSR count). The number of rotatable bonds is 7. The third-order valence-corrected chi connectivity index (χ3v) is 6.35. The van der Waals surface area contributed by atoms with Crippen LogP contribution in [0.5, 0.6) is 5.88 Å². The topological polar surface area (TPSA) is 78.8 Å². The number of nitrogens with zero attached hydrogens (tertiary/aromatic N) is 4. The number of hydrogen-bond donors (Lipinski definition) is 1. The van der Waals surface area contributed by atoms with E-state index in [0.29, 0.717) is 30.8 Å². The predicted molar refractivity (Wildman–Crippen MR) is 131 cm³/mol. The maximum Gasteiger partial charge on any atom is 0.259 e. The molecule has 8 heteroatoms. The number of carbonyl (C=O) groups is 1. The molecule has 0 unspecified atom stereocenters. The van der Waals surface area contributed by atoms with Crippen molar-refractivity contribution in [3.05, 3.63) is 78.0 Å². The van der Waals surface area contributed by atoms with Gasteiger partial charge in [0.25, 0.3) is 5.91 Å². The number of aliphatic hydroxyl groups is 1. The van der Waals surface area contributed by atoms with Crippen LogP contribution >= 0.6 is 0 Å². The number of pyridine rings is 2. The summed E-state index contributed by atoms with van der Waals surface area (Å²) < 4.78 is 19.8. The molecule has 1 amide bonds. The van der Waals surface area contributed by atoms with E-state index in [9.17, 15) is 14.3 Å². The average molecular weight is 479 g/mol. The van der Waals surface area contributed by atoms with Crippen LogP contribution in [0.2, 0.25) is 0 Å². The van der Waals surface area contributed by atoms with Gasteiger partial charge in [0.2, 0.25) is 5.88 Å². The second-order valence-electron chi connectivity index (χ2n) is 9.22. The predicted octanol–water partition coefficient (Wildman–Crippen LogP) is 3.63. The molecule has 0 saturated carbocycles. The van der Waals surface area contributed by atoms with Crippen molar-refractivity contribution in [3.8, 4) is 17.0 Å². The van der Waals surface area contributed by atoms with Crippen LogP contribution in [0.15, 0.2) is 60.9 Å². The van der Waals surface area contributed by atoms with Crippen molar-refractivity contribution >= 4 is 5.91 Å². The maximum atomic E-state index is 13.6. The number of ether oxygens (including phenoxy) is 1. The first-order chi connectivity index (χ1) is 16.9. The van der Waals surface area contributed by atoms with Crippen molar-refractivity contribution in [2.75, 3.05) is 26.7 Å². The van der Waals surface area contributed by atoms with Gasteiger partial charge in [0.15, 0.2) is 0 Å². The number of amides is 1. The van der Waals surface area contributed by atoms with E-state index < -0.39 is 0 Å². The van der Waals surface area contributed by atoms with Crippen LogP contribution in [0.3, 0.4) is 0 Å². The molecule has 3 atom stereocenters. The zero-order valence-electron chi connectivity index (χ0n) is 20.3. The summed E-state index contributed by atoms with van der Waals surface area (Å²) in [6.45, 7) is 5.42. The van der Waals surface area contributed by atoms with Crippen molar-refractivity contribution in [1.29, 1.82) is 0 Å². The molecular formula is C27H31FN4O3. The van der Waals surface area contributed by atoms with Gasteiger partial charge in [-0.1, -0.05) is 25.1 Å². The largest absolute Gasteiger partial charge is 0.472 e. The van der Waals surface area contributed by atoms with Crippen LogP contribution in [0, 0.1) is 11.7 Å². The van der Waals surface area contributed by atoms with E-state index in [1.54, 1.807) is 35.5 Å². The molecule has 0 saturated heterocycles. The Hall–Kier alpha value is -3.36. The molecule has 1 aliphatic rings. The van der Waals surface area contributed by atoms with E-state index in [0.717, 1.165) is 11.3 Å². The molecule has 3 heterocycles. The fraction of sp³-hybridized carbons (Fsp3) is 0.370. The lowest BCUT2D eigenvalue weighted by molar-refractivity contribution is 0.0324. The van der Waals surface area contributed by atoms with Gasteiger partial charge in [-0.05, 0) is 49.9 Å². The fourth-order valence-electron chi connectivity index (χ4n) is 4.26. The van der Waals surface area contributed by atoms with Crippen molar-refractivity contribution in [1.82, 2.24) is 19.8 Å². The Morgan fingerprint density at radius 1 is 1.20 bits per heavy atom. The fourth-order valence-corrected chi connectivity index (χ4v) is 4.26. The normalized spacial score (nSPS) is 19.0. The van der Waals surface area contributed by atoms with E-state index in [1.165, 1.54) is 12.1 Å². The van der Waals surface area contributed by atoms with Crippen molar-refractivity contribution in [3.63, 3.8) is 0 Å². The second-order valence-corrected chi connectivity index (χ2v) is 9.22. The summed E-state index contributed by atoms with van der Waals surface area (Å²) in [5, 5.41) is 9.84. The standard InChI is InChI=1S/C27H31FN4O3/c1-18-14-32(19(2)17-33)27(34)24-12-21(20-7-9-22(28)10-8-20)13-30-26(24)35-25(18)16-31(3)15-23-6-4-5-11-29-23/h4-13,18-19,25,33H,14-17H2,1-3H3/t18-,19-,25+/m1/s1. The number of carbonyl (C=O) groups excluding carboxylic acids is 1. The van der Waals surface area contributed by atoms with E-state index in [-0.39, 0.29) is 42.3 Å². The van der Waals surface area contributed by atoms with E-state index in [1.807, 2.05) is 39.1 Å². The van der Waals surface area contributed by atoms with Crippen LogP contribution in [0.1, 0.15) is 29.9 Å². The number of likely N-dealkylation sites (N-methyl/N-ethyl adjacent to an activating group) is 1. The molecule has 0 fully saturated rings. The smallest absolute Gasteiger partial charge is 0.259 e. The summed E-state index contributed by atoms with van der Waals surface area (Å²) in [5.41, 5.74) is 2.73. The monoisotopic (exact) mass is 478 g/mol. The van der Waals surface area contributed by atoms with Crippen LogP contribution < -0.4 is 4.74 Å². The van der Waals surface area contributed by atoms with Gasteiger partial charge in [0.1, 0.15) is 17.5 Å². The molecule has 2 aromatic heterocycles. The molecule has 0 spiro atoms. The molecule has 7 nitrogen and oxygen atoms in total. The number of aromatic nitrogens is 2. The first kappa shape index (κ1) is 24.8. The third-order valence-electron chi connectivity index (χ3n) is 6.35. The number of halogens is 1. The Morgan fingerprint density at radius 3 is 2.66 bits per heavy atom. The maximum absolute atomic E-state index is 13.6. The van der Waals surface area contributed by atoms with Crippen LogP contribution in [0.25, 0.3) is 11.1 Å². The van der Waals surface area contributed by atoms with E-state index >= 15 is 0 Å². The van der Waals surface area contributed by atoms with Gasteiger partial charge in [-0.3, -0.25) is 14.7 Å². The molecule has 0 radical (unpaired) electrons. The zero-order chi connectivity index (χ0) is 24.9. The Labute approximate surface area is 205 Å². The van der Waals surface area contributed by atoms with Gasteiger partial charge < -0.3 is 14.7 Å². The Bertz CT molecular complexity index is 1140. The zero-order valence-corrected chi connectivity index (χ0v) is 20.3. The van der Waals surface area contributed by atoms with Gasteiger partial charge in [0, 0.05) is 43.5 Å². The van der Waals surface area contributed by atoms with E-state index in [4.69, 9.17) is 4.74 Å². The van der Waals surface area contributed by atoms with Gasteiger partial charge in [-0.2, -0.15) is 0 Å². The summed E-state index contributed by atoms with van der Waals surface area (Å²) in [5.74, 6) is -0.322. The summed E-state index contributed by atoms with van der Waals surface area (Å²) in [6.07, 6.45) is 3.17. The van der Waals surface area contributed by atoms with Crippen LogP contribution in [-0.4, -0.2) is 69.7 Å². The lowest BCUT2D eigenvalue weighted by atomic mass is 9.99. The van der Waals surface area contributed by atoms with Crippen molar-refractivity contribution in [2.24, 2.45) is 5.92 Å². The molecular weight excluding hydrogens is 447 g/mol. The molecule has 184 valence electrons. The first-order valence-corrected chi connectivity index (χ1v) is 11.8. The highest BCUT2D eigenvalue weighted by Crippen LogP contribution is 2.30. The third kappa shape index (κ3) is 5.83. The Kier molecular flexibility index (Phi) is 7.73. The lowest BCUT2D eigenvalue weighted by Crippen LogP contribution is -2.49. The highest BCUT2D eigenvalue weighted by atomic mass is 19.1. The highest BCUT2D eigenvalue weighted by Gasteiger charge is 2.34. The summed E-state index contributed by atoms with van der Waals surface area (Å²) in [6, 6.07) is 13.3. The lowest BCUT2D eigenvalue weighted by Gasteiger charge is -2.37. The van der Waals surface area contributed by atoms with Gasteiger partial charge >= 0.3 is 0 Å². The first-order valence-electron chi connectivity index (χ1n) is 11.8. The molecule has 1 aliphatic heterocycles. The number of hydrogen-bond acceptors (Lipinski definition) is 6. The number of aliphatic hydroxyl groups excluding tert-OH is 1.